The maximum absolute atomic E-state index is 5.14. The lowest BCUT2D eigenvalue weighted by atomic mass is 9.83. The highest BCUT2D eigenvalue weighted by molar-refractivity contribution is 4.86. The highest BCUT2D eigenvalue weighted by atomic mass is 16.5. The Morgan fingerprint density at radius 3 is 2.70 bits per heavy atom. The van der Waals surface area contributed by atoms with E-state index < -0.39 is 0 Å². The van der Waals surface area contributed by atoms with Crippen LogP contribution in [0, 0.1) is 17.8 Å². The Morgan fingerprint density at radius 1 is 1.60 bits per heavy atom. The van der Waals surface area contributed by atoms with E-state index >= 15 is 0 Å². The van der Waals surface area contributed by atoms with Gasteiger partial charge in [0, 0.05) is 11.8 Å². The van der Waals surface area contributed by atoms with Crippen molar-refractivity contribution in [1.82, 2.24) is 0 Å². The third-order valence-corrected chi connectivity index (χ3v) is 2.00. The van der Waals surface area contributed by atoms with E-state index in [1.54, 1.807) is 0 Å². The van der Waals surface area contributed by atoms with Gasteiger partial charge in [-0.15, -0.1) is 12.3 Å². The van der Waals surface area contributed by atoms with Gasteiger partial charge < -0.3 is 4.74 Å². The summed E-state index contributed by atoms with van der Waals surface area (Å²) in [4.78, 5) is 0. The van der Waals surface area contributed by atoms with E-state index in [1.165, 1.54) is 6.42 Å². The minimum absolute atomic E-state index is 0.455. The van der Waals surface area contributed by atoms with Crippen molar-refractivity contribution in [3.63, 3.8) is 0 Å². The van der Waals surface area contributed by atoms with Crippen molar-refractivity contribution in [2.24, 2.45) is 5.41 Å². The smallest absolute Gasteiger partial charge is 0.0542 e. The molecule has 0 spiro atoms. The van der Waals surface area contributed by atoms with Crippen LogP contribution in [0.15, 0.2) is 0 Å². The molecule has 10 heavy (non-hydrogen) atoms. The quantitative estimate of drug-likeness (QED) is 0.427. The molecule has 0 N–H and O–H groups in total. The topological polar surface area (TPSA) is 9.23 Å². The fourth-order valence-electron chi connectivity index (χ4n) is 1.21. The number of hydrogen-bond donors (Lipinski definition) is 0. The molecule has 0 atom stereocenters. The Bertz CT molecular complexity index is 139. The molecule has 1 aliphatic heterocycles. The van der Waals surface area contributed by atoms with Gasteiger partial charge in [-0.2, -0.15) is 0 Å². The van der Waals surface area contributed by atoms with Gasteiger partial charge in [0.05, 0.1) is 13.2 Å². The first-order valence-corrected chi connectivity index (χ1v) is 3.78. The van der Waals surface area contributed by atoms with Crippen molar-refractivity contribution >= 4 is 0 Å². The van der Waals surface area contributed by atoms with Crippen LogP contribution in [0.5, 0.6) is 0 Å². The fourth-order valence-corrected chi connectivity index (χ4v) is 1.21. The Kier molecular flexibility index (Phi) is 2.34. The summed E-state index contributed by atoms with van der Waals surface area (Å²) in [5.41, 5.74) is 0.455. The highest BCUT2D eigenvalue weighted by Crippen LogP contribution is 2.31. The zero-order valence-electron chi connectivity index (χ0n) is 6.52. The first-order valence-electron chi connectivity index (χ1n) is 3.78. The summed E-state index contributed by atoms with van der Waals surface area (Å²) in [6, 6.07) is 0. The molecular weight excluding hydrogens is 124 g/mol. The molecule has 0 amide bonds. The van der Waals surface area contributed by atoms with Crippen LogP contribution in [0.3, 0.4) is 0 Å². The van der Waals surface area contributed by atoms with Crippen LogP contribution in [0.1, 0.15) is 26.2 Å². The molecule has 0 aromatic carbocycles. The van der Waals surface area contributed by atoms with E-state index in [1.807, 2.05) is 0 Å². The zero-order chi connectivity index (χ0) is 7.45. The van der Waals surface area contributed by atoms with Crippen molar-refractivity contribution in [3.8, 4) is 12.3 Å². The van der Waals surface area contributed by atoms with Crippen LogP contribution in [-0.2, 0) is 4.74 Å². The summed E-state index contributed by atoms with van der Waals surface area (Å²) >= 11 is 0. The van der Waals surface area contributed by atoms with Gasteiger partial charge in [-0.3, -0.25) is 0 Å². The molecule has 0 aromatic rings. The average molecular weight is 138 g/mol. The zero-order valence-corrected chi connectivity index (χ0v) is 6.52. The number of terminal acetylenes is 1. The molecule has 1 saturated heterocycles. The van der Waals surface area contributed by atoms with Gasteiger partial charge in [-0.1, -0.05) is 6.92 Å². The highest BCUT2D eigenvalue weighted by Gasteiger charge is 2.32. The second-order valence-electron chi connectivity index (χ2n) is 3.36. The fraction of sp³-hybridized carbons (Fsp3) is 0.778. The Balaban J connectivity index is 2.07. The third kappa shape index (κ3) is 1.75. The van der Waals surface area contributed by atoms with Crippen LogP contribution >= 0.6 is 0 Å². The lowest BCUT2D eigenvalue weighted by Crippen LogP contribution is -2.39. The molecule has 1 fully saturated rings. The molecule has 1 aliphatic rings. The molecule has 1 nitrogen and oxygen atoms in total. The van der Waals surface area contributed by atoms with Crippen molar-refractivity contribution < 1.29 is 4.74 Å². The van der Waals surface area contributed by atoms with Gasteiger partial charge >= 0.3 is 0 Å². The standard InChI is InChI=1S/C9H14O/c1-3-4-5-6-9(2)7-10-8-9/h1H,4-8H2,2H3. The summed E-state index contributed by atoms with van der Waals surface area (Å²) in [7, 11) is 0. The molecule has 0 aliphatic carbocycles. The summed E-state index contributed by atoms with van der Waals surface area (Å²) in [5, 5.41) is 0. The molecule has 56 valence electrons. The number of hydrogen-bond acceptors (Lipinski definition) is 1. The van der Waals surface area contributed by atoms with E-state index in [0.29, 0.717) is 5.41 Å². The number of rotatable bonds is 3. The largest absolute Gasteiger partial charge is 0.380 e. The number of ether oxygens (including phenoxy) is 1. The summed E-state index contributed by atoms with van der Waals surface area (Å²) in [6.07, 6.45) is 8.42. The van der Waals surface area contributed by atoms with E-state index in [0.717, 1.165) is 26.1 Å². The van der Waals surface area contributed by atoms with Crippen molar-refractivity contribution in [2.45, 2.75) is 26.2 Å². The second kappa shape index (κ2) is 3.07. The van der Waals surface area contributed by atoms with Crippen LogP contribution < -0.4 is 0 Å². The number of unbranched alkanes of at least 4 members (excludes halogenated alkanes) is 1. The Labute approximate surface area is 62.8 Å². The van der Waals surface area contributed by atoms with Crippen molar-refractivity contribution in [3.05, 3.63) is 0 Å². The monoisotopic (exact) mass is 138 g/mol. The van der Waals surface area contributed by atoms with Gasteiger partial charge in [0.15, 0.2) is 0 Å². The minimum atomic E-state index is 0.455. The summed E-state index contributed by atoms with van der Waals surface area (Å²) in [5.74, 6) is 2.65. The van der Waals surface area contributed by atoms with Gasteiger partial charge in [0.25, 0.3) is 0 Å². The average Bonchev–Trinajstić information content (AvgIpc) is 1.85. The van der Waals surface area contributed by atoms with E-state index in [4.69, 9.17) is 11.2 Å². The predicted molar refractivity (Wildman–Crippen MR) is 41.6 cm³/mol. The first kappa shape index (κ1) is 7.63. The lowest BCUT2D eigenvalue weighted by molar-refractivity contribution is -0.106. The molecule has 1 heterocycles. The van der Waals surface area contributed by atoms with Crippen LogP contribution in [-0.4, -0.2) is 13.2 Å². The Hall–Kier alpha value is -0.480. The predicted octanol–water partition coefficient (Wildman–Crippen LogP) is 1.83. The third-order valence-electron chi connectivity index (χ3n) is 2.00. The normalized spacial score (nSPS) is 21.2. The van der Waals surface area contributed by atoms with Gasteiger partial charge in [0.2, 0.25) is 0 Å². The maximum atomic E-state index is 5.14. The van der Waals surface area contributed by atoms with Gasteiger partial charge in [-0.05, 0) is 12.8 Å². The van der Waals surface area contributed by atoms with Crippen LogP contribution in [0.2, 0.25) is 0 Å². The van der Waals surface area contributed by atoms with E-state index in [2.05, 4.69) is 12.8 Å². The second-order valence-corrected chi connectivity index (χ2v) is 3.36. The van der Waals surface area contributed by atoms with E-state index in [-0.39, 0.29) is 0 Å². The van der Waals surface area contributed by atoms with Gasteiger partial charge in [-0.25, -0.2) is 0 Å². The molecule has 0 saturated carbocycles. The summed E-state index contributed by atoms with van der Waals surface area (Å²) < 4.78 is 5.12. The van der Waals surface area contributed by atoms with Crippen LogP contribution in [0.4, 0.5) is 0 Å². The molecule has 0 unspecified atom stereocenters. The lowest BCUT2D eigenvalue weighted by Gasteiger charge is -2.38. The summed E-state index contributed by atoms with van der Waals surface area (Å²) in [6.45, 7) is 4.11. The van der Waals surface area contributed by atoms with Crippen molar-refractivity contribution in [1.29, 1.82) is 0 Å². The molecule has 0 radical (unpaired) electrons. The molecule has 0 bridgehead atoms. The Morgan fingerprint density at radius 2 is 2.30 bits per heavy atom. The first-order chi connectivity index (χ1) is 4.77. The molecule has 1 rings (SSSR count). The molecule has 0 aromatic heterocycles. The van der Waals surface area contributed by atoms with Crippen molar-refractivity contribution in [2.75, 3.05) is 13.2 Å². The molecule has 1 heteroatoms. The SMILES string of the molecule is C#CCCCC1(C)COC1. The van der Waals surface area contributed by atoms with Gasteiger partial charge in [0.1, 0.15) is 0 Å². The minimum Gasteiger partial charge on any atom is -0.380 e. The molecular formula is C9H14O. The van der Waals surface area contributed by atoms with E-state index in [9.17, 15) is 0 Å². The van der Waals surface area contributed by atoms with Crippen LogP contribution in [0.25, 0.3) is 0 Å². The maximum Gasteiger partial charge on any atom is 0.0542 e.